The van der Waals surface area contributed by atoms with E-state index in [0.717, 1.165) is 25.7 Å². The second kappa shape index (κ2) is 7.23. The van der Waals surface area contributed by atoms with Gasteiger partial charge in [0, 0.05) is 19.6 Å². The zero-order chi connectivity index (χ0) is 21.0. The van der Waals surface area contributed by atoms with Gasteiger partial charge in [0.2, 0.25) is 17.7 Å². The number of hydrogen-bond donors (Lipinski definition) is 3. The van der Waals surface area contributed by atoms with Gasteiger partial charge in [-0.25, -0.2) is 0 Å². The molecule has 0 aromatic heterocycles. The maximum Gasteiger partial charge on any atom is 0.246 e. The lowest BCUT2D eigenvalue weighted by Gasteiger charge is -2.36. The molecule has 1 spiro atoms. The third-order valence-corrected chi connectivity index (χ3v) is 7.88. The zero-order valence-electron chi connectivity index (χ0n) is 17.6. The molecule has 1 saturated carbocycles. The summed E-state index contributed by atoms with van der Waals surface area (Å²) in [4.78, 5) is 41.1. The number of aliphatic hydroxyl groups is 1. The summed E-state index contributed by atoms with van der Waals surface area (Å²) in [7, 11) is 1.56. The monoisotopic (exact) mass is 407 g/mol. The third kappa shape index (κ3) is 2.82. The van der Waals surface area contributed by atoms with Crippen LogP contribution in [0.3, 0.4) is 0 Å². The van der Waals surface area contributed by atoms with Crippen LogP contribution < -0.4 is 10.6 Å². The van der Waals surface area contributed by atoms with Gasteiger partial charge >= 0.3 is 0 Å². The summed E-state index contributed by atoms with van der Waals surface area (Å²) >= 11 is 0. The molecule has 4 rings (SSSR count). The van der Waals surface area contributed by atoms with E-state index in [1.807, 2.05) is 13.8 Å². The smallest absolute Gasteiger partial charge is 0.246 e. The molecule has 2 bridgehead atoms. The molecule has 0 radical (unpaired) electrons. The Kier molecular flexibility index (Phi) is 5.14. The number of ether oxygens (including phenoxy) is 1. The minimum Gasteiger partial charge on any atom is -0.395 e. The minimum absolute atomic E-state index is 0.0351. The Morgan fingerprint density at radius 1 is 1.24 bits per heavy atom. The van der Waals surface area contributed by atoms with Gasteiger partial charge < -0.3 is 25.4 Å². The van der Waals surface area contributed by atoms with E-state index in [4.69, 9.17) is 4.74 Å². The average Bonchev–Trinajstić information content (AvgIpc) is 3.20. The van der Waals surface area contributed by atoms with Gasteiger partial charge in [0.25, 0.3) is 0 Å². The number of likely N-dealkylation sites (tertiary alicyclic amines) is 1. The fourth-order valence-electron chi connectivity index (χ4n) is 6.47. The number of carbonyl (C=O) groups is 3. The summed E-state index contributed by atoms with van der Waals surface area (Å²) < 4.78 is 6.52. The molecule has 29 heavy (non-hydrogen) atoms. The van der Waals surface area contributed by atoms with Crippen molar-refractivity contribution in [1.29, 1.82) is 0 Å². The van der Waals surface area contributed by atoms with Crippen molar-refractivity contribution in [2.75, 3.05) is 20.2 Å². The molecular weight excluding hydrogens is 374 g/mol. The lowest BCUT2D eigenvalue weighted by Crippen LogP contribution is -2.57. The number of carbonyl (C=O) groups excluding carboxylic acids is 3. The van der Waals surface area contributed by atoms with Crippen molar-refractivity contribution in [2.45, 2.75) is 75.7 Å². The van der Waals surface area contributed by atoms with Crippen LogP contribution in [-0.4, -0.2) is 71.2 Å². The number of amides is 3. The number of aliphatic hydroxyl groups excluding tert-OH is 1. The first kappa shape index (κ1) is 20.6. The zero-order valence-corrected chi connectivity index (χ0v) is 17.6. The largest absolute Gasteiger partial charge is 0.395 e. The molecule has 4 aliphatic rings. The van der Waals surface area contributed by atoms with Crippen molar-refractivity contribution in [3.05, 3.63) is 0 Å². The van der Waals surface area contributed by atoms with E-state index >= 15 is 0 Å². The van der Waals surface area contributed by atoms with Crippen molar-refractivity contribution in [1.82, 2.24) is 15.5 Å². The molecule has 3 N–H and O–H groups in total. The highest BCUT2D eigenvalue weighted by atomic mass is 16.5. The Morgan fingerprint density at radius 3 is 2.55 bits per heavy atom. The SMILES string of the molecule is CNC(=O)[C@H]1[C@H]2C(=O)N(CCO)C(C(=O)NC3CCCCC3)C23CC(C)[C@]1(C)O3. The Labute approximate surface area is 171 Å². The van der Waals surface area contributed by atoms with Gasteiger partial charge in [-0.05, 0) is 32.1 Å². The van der Waals surface area contributed by atoms with Crippen molar-refractivity contribution in [3.8, 4) is 0 Å². The van der Waals surface area contributed by atoms with Crippen LogP contribution in [0.1, 0.15) is 52.4 Å². The molecule has 3 unspecified atom stereocenters. The average molecular weight is 408 g/mol. The Hall–Kier alpha value is -1.67. The van der Waals surface area contributed by atoms with E-state index in [1.165, 1.54) is 11.3 Å². The number of nitrogens with zero attached hydrogens (tertiary/aromatic N) is 1. The van der Waals surface area contributed by atoms with Crippen LogP contribution in [-0.2, 0) is 19.1 Å². The lowest BCUT2D eigenvalue weighted by molar-refractivity contribution is -0.148. The third-order valence-electron chi connectivity index (χ3n) is 7.88. The van der Waals surface area contributed by atoms with Crippen LogP contribution in [0, 0.1) is 17.8 Å². The van der Waals surface area contributed by atoms with Gasteiger partial charge in [-0.3, -0.25) is 14.4 Å². The number of rotatable bonds is 5. The van der Waals surface area contributed by atoms with E-state index in [1.54, 1.807) is 7.05 Å². The molecule has 3 heterocycles. The molecule has 3 amide bonds. The van der Waals surface area contributed by atoms with Gasteiger partial charge in [-0.1, -0.05) is 26.2 Å². The summed E-state index contributed by atoms with van der Waals surface area (Å²) in [6.45, 7) is 3.74. The topological polar surface area (TPSA) is 108 Å². The van der Waals surface area contributed by atoms with E-state index < -0.39 is 29.1 Å². The summed E-state index contributed by atoms with van der Waals surface area (Å²) in [6, 6.07) is -0.702. The van der Waals surface area contributed by atoms with Gasteiger partial charge in [0.05, 0.1) is 24.0 Å². The normalized spacial score (nSPS) is 41.5. The molecule has 8 nitrogen and oxygen atoms in total. The van der Waals surface area contributed by atoms with Crippen molar-refractivity contribution >= 4 is 17.7 Å². The van der Waals surface area contributed by atoms with Gasteiger partial charge in [-0.2, -0.15) is 0 Å². The first-order valence-electron chi connectivity index (χ1n) is 10.9. The second-order valence-electron chi connectivity index (χ2n) is 9.42. The van der Waals surface area contributed by atoms with Crippen LogP contribution in [0.15, 0.2) is 0 Å². The van der Waals surface area contributed by atoms with Gasteiger partial charge in [0.15, 0.2) is 0 Å². The Balaban J connectivity index is 1.71. The van der Waals surface area contributed by atoms with Gasteiger partial charge in [0.1, 0.15) is 11.6 Å². The van der Waals surface area contributed by atoms with Crippen LogP contribution in [0.5, 0.6) is 0 Å². The molecule has 0 aromatic carbocycles. The first-order valence-corrected chi connectivity index (χ1v) is 10.9. The number of nitrogens with one attached hydrogen (secondary N) is 2. The Morgan fingerprint density at radius 2 is 1.93 bits per heavy atom. The summed E-state index contributed by atoms with van der Waals surface area (Å²) in [5.41, 5.74) is -1.80. The molecule has 3 aliphatic heterocycles. The van der Waals surface area contributed by atoms with Crippen LogP contribution in [0.4, 0.5) is 0 Å². The van der Waals surface area contributed by atoms with E-state index in [2.05, 4.69) is 10.6 Å². The number of hydrogen-bond acceptors (Lipinski definition) is 5. The second-order valence-corrected chi connectivity index (χ2v) is 9.42. The minimum atomic E-state index is -1.02. The first-order chi connectivity index (χ1) is 13.8. The molecule has 8 heteroatoms. The summed E-state index contributed by atoms with van der Waals surface area (Å²) in [5.74, 6) is -2.00. The van der Waals surface area contributed by atoms with Crippen LogP contribution in [0.2, 0.25) is 0 Å². The molecular formula is C21H33N3O5. The van der Waals surface area contributed by atoms with Crippen LogP contribution >= 0.6 is 0 Å². The standard InChI is InChI=1S/C21H33N3O5/c1-12-11-21-15(14(17(26)22-3)20(12,2)29-21)19(28)24(9-10-25)16(21)18(27)23-13-7-5-4-6-8-13/h12-16,25H,4-11H2,1-3H3,(H,22,26)(H,23,27)/t12?,14-,15+,16?,20+,21?/m1/s1. The molecule has 3 saturated heterocycles. The summed E-state index contributed by atoms with van der Waals surface area (Å²) in [6.07, 6.45) is 5.80. The maximum atomic E-state index is 13.5. The van der Waals surface area contributed by atoms with E-state index in [9.17, 15) is 19.5 Å². The van der Waals surface area contributed by atoms with Crippen molar-refractivity contribution in [2.24, 2.45) is 17.8 Å². The van der Waals surface area contributed by atoms with Crippen molar-refractivity contribution in [3.63, 3.8) is 0 Å². The number of β-amino-alcohol motifs (C(OH)–C–C–N with tert-alkyl or cyclic N) is 1. The highest BCUT2D eigenvalue weighted by Crippen LogP contribution is 2.65. The van der Waals surface area contributed by atoms with Crippen LogP contribution in [0.25, 0.3) is 0 Å². The molecule has 162 valence electrons. The highest BCUT2D eigenvalue weighted by molar-refractivity contribution is 5.99. The predicted molar refractivity (Wildman–Crippen MR) is 105 cm³/mol. The molecule has 0 aromatic rings. The van der Waals surface area contributed by atoms with E-state index in [0.29, 0.717) is 6.42 Å². The quantitative estimate of drug-likeness (QED) is 0.603. The Bertz CT molecular complexity index is 708. The fraction of sp³-hybridized carbons (Fsp3) is 0.857. The highest BCUT2D eigenvalue weighted by Gasteiger charge is 2.79. The molecule has 4 fully saturated rings. The summed E-state index contributed by atoms with van der Waals surface area (Å²) in [5, 5.41) is 15.4. The van der Waals surface area contributed by atoms with E-state index in [-0.39, 0.29) is 42.8 Å². The lowest BCUT2D eigenvalue weighted by atomic mass is 9.62. The number of fused-ring (bicyclic) bond motifs is 1. The molecule has 6 atom stereocenters. The predicted octanol–water partition coefficient (Wildman–Crippen LogP) is 0.184. The van der Waals surface area contributed by atoms with Gasteiger partial charge in [-0.15, -0.1) is 0 Å². The van der Waals surface area contributed by atoms with Crippen molar-refractivity contribution < 1.29 is 24.2 Å². The maximum absolute atomic E-state index is 13.5. The fourth-order valence-corrected chi connectivity index (χ4v) is 6.47. The molecule has 1 aliphatic carbocycles.